The lowest BCUT2D eigenvalue weighted by molar-refractivity contribution is -0.150. The molecule has 3 aliphatic rings. The molecule has 23 N–H and O–H groups in total. The van der Waals surface area contributed by atoms with Crippen molar-refractivity contribution < 1.29 is 112 Å². The maximum absolute atomic E-state index is 15.5. The van der Waals surface area contributed by atoms with Gasteiger partial charge in [-0.1, -0.05) is 82.1 Å². The molecule has 134 heavy (non-hydrogen) atoms. The number of rotatable bonds is 25. The van der Waals surface area contributed by atoms with E-state index in [1.54, 1.807) is 75.5 Å². The second-order valence-electron chi connectivity index (χ2n) is 33.9. The van der Waals surface area contributed by atoms with Crippen molar-refractivity contribution >= 4 is 146 Å². The Labute approximate surface area is 773 Å². The number of aromatic nitrogens is 4. The first-order valence-electron chi connectivity index (χ1n) is 44.0. The number of hydrogen-bond donors (Lipinski definition) is 20. The van der Waals surface area contributed by atoms with Crippen LogP contribution in [0.4, 0.5) is 0 Å². The van der Waals surface area contributed by atoms with Crippen LogP contribution in [-0.2, 0) is 117 Å². The molecule has 9 rings (SSSR count). The lowest BCUT2D eigenvalue weighted by Gasteiger charge is -2.33. The molecule has 3 aliphatic heterocycles. The number of carboxylic acids is 2. The van der Waals surface area contributed by atoms with Crippen LogP contribution in [0.2, 0.25) is 0 Å². The molecule has 17 amide bonds. The highest BCUT2D eigenvalue weighted by atomic mass is 32.2. The molecule has 0 unspecified atom stereocenters. The number of imidazole rings is 1. The predicted molar refractivity (Wildman–Crippen MR) is 482 cm³/mol. The number of para-hydroxylation sites is 2. The third-order valence-corrected chi connectivity index (χ3v) is 24.4. The fourth-order valence-corrected chi connectivity index (χ4v) is 17.0. The highest BCUT2D eigenvalue weighted by Crippen LogP contribution is 2.27. The van der Waals surface area contributed by atoms with Crippen LogP contribution >= 0.6 is 11.8 Å². The Morgan fingerprint density at radius 1 is 0.582 bits per heavy atom. The van der Waals surface area contributed by atoms with Crippen molar-refractivity contribution in [1.82, 2.24) is 97.6 Å². The summed E-state index contributed by atoms with van der Waals surface area (Å²) in [7, 11) is 2.39. The van der Waals surface area contributed by atoms with Gasteiger partial charge in [-0.2, -0.15) is 0 Å². The van der Waals surface area contributed by atoms with Gasteiger partial charge in [0, 0.05) is 118 Å². The number of nitrogens with one attached hydrogen (secondary N) is 13. The van der Waals surface area contributed by atoms with E-state index >= 15 is 28.8 Å². The van der Waals surface area contributed by atoms with Gasteiger partial charge in [-0.3, -0.25) is 91.1 Å². The molecule has 0 radical (unpaired) electrons. The Morgan fingerprint density at radius 3 is 1.75 bits per heavy atom. The highest BCUT2D eigenvalue weighted by molar-refractivity contribution is 8.00. The number of likely N-dealkylation sites (N-methyl/N-ethyl adjacent to an activating group) is 2. The molecular formula is C88H118N22O23S. The number of phenolic OH excluding ortho intramolecular Hbond substituents is 1. The van der Waals surface area contributed by atoms with E-state index in [1.807, 2.05) is 0 Å². The van der Waals surface area contributed by atoms with Crippen molar-refractivity contribution in [1.29, 1.82) is 0 Å². The van der Waals surface area contributed by atoms with Gasteiger partial charge in [0.2, 0.25) is 100 Å². The Hall–Kier alpha value is -14.1. The topological polar surface area (TPSA) is 680 Å². The summed E-state index contributed by atoms with van der Waals surface area (Å²) in [5, 5.41) is 69.2. The number of aliphatic hydroxyl groups is 1. The van der Waals surface area contributed by atoms with Crippen molar-refractivity contribution in [2.45, 2.75) is 209 Å². The summed E-state index contributed by atoms with van der Waals surface area (Å²) in [6.45, 7) is 2.34. The Bertz CT molecular complexity index is 5260. The van der Waals surface area contributed by atoms with Crippen LogP contribution in [0.15, 0.2) is 97.7 Å². The first kappa shape index (κ1) is 104. The zero-order valence-electron chi connectivity index (χ0n) is 75.0. The number of nitrogens with two attached hydrogens (primary N) is 3. The van der Waals surface area contributed by atoms with Gasteiger partial charge in [0.25, 0.3) is 0 Å². The van der Waals surface area contributed by atoms with Gasteiger partial charge in [-0.25, -0.2) is 4.98 Å². The van der Waals surface area contributed by atoms with E-state index in [-0.39, 0.29) is 81.8 Å². The number of amides is 17. The number of carboxylic acid groups (broad SMARTS) is 2. The molecule has 14 atom stereocenters. The summed E-state index contributed by atoms with van der Waals surface area (Å²) in [6.07, 6.45) is -0.0257. The molecule has 0 aliphatic carbocycles. The van der Waals surface area contributed by atoms with Gasteiger partial charge in [0.1, 0.15) is 97.4 Å². The smallest absolute Gasteiger partial charge is 0.323 e. The number of carbonyl (C=O) groups excluding carboxylic acids is 17. The third-order valence-electron chi connectivity index (χ3n) is 23.3. The number of aliphatic hydroxyl groups excluding tert-OH is 1. The lowest BCUT2D eigenvalue weighted by Crippen LogP contribution is -2.61. The molecule has 3 fully saturated rings. The Morgan fingerprint density at radius 2 is 1.15 bits per heavy atom. The van der Waals surface area contributed by atoms with Gasteiger partial charge in [-0.05, 0) is 98.9 Å². The van der Waals surface area contributed by atoms with Crippen molar-refractivity contribution in [2.75, 3.05) is 64.9 Å². The molecule has 3 aromatic carbocycles. The number of phenols is 1. The molecule has 724 valence electrons. The van der Waals surface area contributed by atoms with E-state index in [0.717, 1.165) is 31.4 Å². The Kier molecular flexibility index (Phi) is 37.8. The average Bonchev–Trinajstić information content (AvgIpc) is 1.65. The fraction of sp³-hybridized carbons (Fsp3) is 0.500. The van der Waals surface area contributed by atoms with Crippen molar-refractivity contribution in [2.24, 2.45) is 23.1 Å². The molecule has 46 heteroatoms. The number of carbonyl (C=O) groups is 19. The van der Waals surface area contributed by atoms with Crippen molar-refractivity contribution in [3.63, 3.8) is 0 Å². The number of H-pyrrole nitrogens is 3. The van der Waals surface area contributed by atoms with Crippen molar-refractivity contribution in [3.8, 4) is 5.75 Å². The van der Waals surface area contributed by atoms with Crippen LogP contribution in [0.25, 0.3) is 21.8 Å². The van der Waals surface area contributed by atoms with E-state index in [0.29, 0.717) is 49.8 Å². The number of nitrogens with zero attached hydrogens (tertiary/aromatic N) is 6. The monoisotopic (exact) mass is 1880 g/mol. The van der Waals surface area contributed by atoms with Crippen LogP contribution in [0.5, 0.6) is 5.75 Å². The van der Waals surface area contributed by atoms with Gasteiger partial charge in [-0.15, -0.1) is 11.8 Å². The number of benzene rings is 3. The number of aromatic amines is 3. The second-order valence-corrected chi connectivity index (χ2v) is 34.9. The van der Waals surface area contributed by atoms with Crippen LogP contribution in [0.1, 0.15) is 121 Å². The SMILES string of the molecule is CCCC[C@H]1C(=O)N[C@@H](CC(C)C)C(=O)N[C@H](C(=O)NCC(N)=O)CSCC(=O)N[C@@H](Cc2ccc(O)cc2)C(=O)N(C)[C@@H](C)C(=O)N[C@@H](CC(N)=O)C(=O)N2CCC[C@H]2C(=O)N[C@@H](Cc2cnc[nH]2)C(=O)N[C@@H](CCC(=O)O)C(=O)N2C[C@H](O)C[C@H]2C(=O)N[C@@H](Cc2c[nH]c3ccccc23)C(=O)N[C@@H](CCN)C(=O)N[C@@H](Cc2c[nH]c3ccccc23)C(=O)N(CC(=O)O)CC(=O)N1C. The predicted octanol–water partition coefficient (Wildman–Crippen LogP) is -4.07. The minimum absolute atomic E-state index is 0.0833. The summed E-state index contributed by atoms with van der Waals surface area (Å²) < 4.78 is 0. The standard InChI is InChI=1S/C88H118N22O23S/c1-7-8-18-67-82(127)100-60(29-46(2)3)79(124)105-66(77(122)95-39-71(91)114)43-134-44-72(115)97-63(30-48-20-22-52(111)23-21-48)85(130)106(5)47(4)76(121)103-65(35-70(90)113)88(133)109-28-13-19-68(109)83(128)102-62(33-51-38-92-45-96-51)81(126)99-59(24-25-74(117)118)87(132)110-40-53(112)34-69(110)84(129)101-61(31-49-36-93-56-16-11-9-14-54(49)56)80(125)98-58(26-27-89)78(123)104-64(32-50-37-94-57-17-12-10-15-55(50)57)86(131)108(42-75(119)120)41-73(116)107(67)6/h9-12,14-17,20-23,36-38,45-47,53,58-69,93-94,111-112H,7-8,13,18-19,24-35,39-44,89H2,1-6H3,(H2,90,113)(H2,91,114)(H,92,96)(H,95,122)(H,97,115)(H,98,125)(H,99,126)(H,100,127)(H,101,129)(H,102,128)(H,103,121)(H,104,123)(H,105,124)(H,117,118)(H,119,120)/t47-,53+,58-,59-,60-,61-,62-,63-,64-,65-,66-,67-,68-,69-/m0/s1. The molecule has 6 heterocycles. The molecule has 3 saturated heterocycles. The van der Waals surface area contributed by atoms with E-state index in [1.165, 1.54) is 64.0 Å². The number of thioether (sulfide) groups is 1. The summed E-state index contributed by atoms with van der Waals surface area (Å²) >= 11 is 0.749. The van der Waals surface area contributed by atoms with Crippen LogP contribution in [-0.4, -0.2) is 327 Å². The second kappa shape index (κ2) is 48.9. The maximum Gasteiger partial charge on any atom is 0.323 e. The minimum Gasteiger partial charge on any atom is -0.508 e. The number of fused-ring (bicyclic) bond motifs is 4. The average molecular weight is 1880 g/mol. The highest BCUT2D eigenvalue weighted by Gasteiger charge is 2.47. The van der Waals surface area contributed by atoms with Crippen LogP contribution < -0.4 is 70.4 Å². The van der Waals surface area contributed by atoms with Crippen LogP contribution in [0.3, 0.4) is 0 Å². The minimum atomic E-state index is -1.86. The summed E-state index contributed by atoms with van der Waals surface area (Å²) in [5.41, 5.74) is 19.8. The summed E-state index contributed by atoms with van der Waals surface area (Å²) in [6, 6.07) is -2.28. The van der Waals surface area contributed by atoms with Gasteiger partial charge >= 0.3 is 11.9 Å². The first-order chi connectivity index (χ1) is 63.7. The van der Waals surface area contributed by atoms with E-state index in [2.05, 4.69) is 73.1 Å². The molecule has 0 saturated carbocycles. The number of hydrogen-bond acceptors (Lipinski definition) is 24. The van der Waals surface area contributed by atoms with E-state index in [4.69, 9.17) is 17.2 Å². The number of aromatic hydroxyl groups is 1. The number of unbranched alkanes of at least 4 members (excludes halogenated alkanes) is 1. The zero-order chi connectivity index (χ0) is 97.9. The Balaban J connectivity index is 1.10. The lowest BCUT2D eigenvalue weighted by atomic mass is 10.0. The quantitative estimate of drug-likeness (QED) is 0.0259. The fourth-order valence-electron chi connectivity index (χ4n) is 16.1. The normalized spacial score (nSPS) is 24.3. The molecule has 0 bridgehead atoms. The number of primary amides is 2. The molecule has 3 aromatic heterocycles. The largest absolute Gasteiger partial charge is 0.508 e. The zero-order valence-corrected chi connectivity index (χ0v) is 75.8. The summed E-state index contributed by atoms with van der Waals surface area (Å²) in [5.74, 6) is -22.2. The van der Waals surface area contributed by atoms with E-state index in [9.17, 15) is 82.8 Å². The van der Waals surface area contributed by atoms with Gasteiger partial charge < -0.3 is 130 Å². The first-order valence-corrected chi connectivity index (χ1v) is 45.1. The summed E-state index contributed by atoms with van der Waals surface area (Å²) in [4.78, 5) is 291. The number of aliphatic carboxylic acids is 2. The van der Waals surface area contributed by atoms with E-state index < -0.39 is 273 Å². The van der Waals surface area contributed by atoms with Crippen LogP contribution in [0, 0.1) is 5.92 Å². The molecule has 0 spiro atoms. The maximum atomic E-state index is 15.5. The molecule has 6 aromatic rings. The third kappa shape index (κ3) is 29.0. The van der Waals surface area contributed by atoms with Crippen molar-refractivity contribution in [3.05, 3.63) is 120 Å². The molecular weight excluding hydrogens is 1770 g/mol. The van der Waals surface area contributed by atoms with Gasteiger partial charge in [0.05, 0.1) is 31.1 Å². The van der Waals surface area contributed by atoms with Gasteiger partial charge in [0.15, 0.2) is 0 Å². The molecule has 45 nitrogen and oxygen atoms in total.